The smallest absolute Gasteiger partial charge is 0.193 e. The fourth-order valence-electron chi connectivity index (χ4n) is 3.02. The topological polar surface area (TPSA) is 64.6 Å². The Balaban J connectivity index is 0.00000480. The van der Waals surface area contributed by atoms with Crippen molar-refractivity contribution in [3.8, 4) is 17.2 Å². The van der Waals surface area contributed by atoms with Gasteiger partial charge in [0.1, 0.15) is 17.2 Å². The first kappa shape index (κ1) is 26.8. The summed E-state index contributed by atoms with van der Waals surface area (Å²) in [5, 5.41) is 3.40. The maximum absolute atomic E-state index is 5.78. The highest BCUT2D eigenvalue weighted by molar-refractivity contribution is 14.0. The molecule has 0 aliphatic carbocycles. The molecule has 7 nitrogen and oxygen atoms in total. The van der Waals surface area contributed by atoms with Crippen LogP contribution in [0.4, 0.5) is 0 Å². The molecular weight excluding hydrogens is 509 g/mol. The number of halogens is 1. The normalized spacial score (nSPS) is 10.8. The monoisotopic (exact) mass is 543 g/mol. The van der Waals surface area contributed by atoms with Gasteiger partial charge >= 0.3 is 0 Å². The maximum Gasteiger partial charge on any atom is 0.193 e. The lowest BCUT2D eigenvalue weighted by Crippen LogP contribution is -2.38. The summed E-state index contributed by atoms with van der Waals surface area (Å²) < 4.78 is 21.6. The molecule has 0 heterocycles. The van der Waals surface area contributed by atoms with Gasteiger partial charge in [0, 0.05) is 59.0 Å². The van der Waals surface area contributed by atoms with Gasteiger partial charge in [-0.1, -0.05) is 12.1 Å². The molecule has 0 spiro atoms. The largest absolute Gasteiger partial charge is 0.497 e. The van der Waals surface area contributed by atoms with Crippen LogP contribution in [-0.4, -0.2) is 59.5 Å². The van der Waals surface area contributed by atoms with Crippen LogP contribution >= 0.6 is 24.0 Å². The Hall–Kier alpha value is -2.20. The summed E-state index contributed by atoms with van der Waals surface area (Å²) in [7, 11) is 8.77. The number of methoxy groups -OCH3 is 3. The van der Waals surface area contributed by atoms with Crippen molar-refractivity contribution in [3.63, 3.8) is 0 Å². The second-order valence-corrected chi connectivity index (χ2v) is 6.78. The van der Waals surface area contributed by atoms with Gasteiger partial charge < -0.3 is 29.2 Å². The van der Waals surface area contributed by atoms with Crippen LogP contribution in [-0.2, 0) is 17.8 Å². The van der Waals surface area contributed by atoms with Gasteiger partial charge in [0.25, 0.3) is 0 Å². The van der Waals surface area contributed by atoms with E-state index >= 15 is 0 Å². The third-order valence-electron chi connectivity index (χ3n) is 4.59. The van der Waals surface area contributed by atoms with Crippen molar-refractivity contribution in [2.24, 2.45) is 4.99 Å². The fourth-order valence-corrected chi connectivity index (χ4v) is 3.02. The molecule has 1 N–H and O–H groups in total. The summed E-state index contributed by atoms with van der Waals surface area (Å²) in [5.74, 6) is 3.20. The minimum absolute atomic E-state index is 0. The van der Waals surface area contributed by atoms with E-state index in [0.29, 0.717) is 26.3 Å². The number of benzene rings is 2. The maximum atomic E-state index is 5.78. The summed E-state index contributed by atoms with van der Waals surface area (Å²) in [6.45, 7) is 2.63. The summed E-state index contributed by atoms with van der Waals surface area (Å²) in [6, 6.07) is 13.9. The Morgan fingerprint density at radius 3 is 2.48 bits per heavy atom. The van der Waals surface area contributed by atoms with Gasteiger partial charge in [0.05, 0.1) is 20.8 Å². The van der Waals surface area contributed by atoms with Crippen LogP contribution in [0.1, 0.15) is 17.5 Å². The van der Waals surface area contributed by atoms with Gasteiger partial charge in [0.2, 0.25) is 0 Å². The van der Waals surface area contributed by atoms with Crippen molar-refractivity contribution in [1.82, 2.24) is 10.2 Å². The molecule has 31 heavy (non-hydrogen) atoms. The number of rotatable bonds is 11. The Bertz CT molecular complexity index is 817. The molecule has 8 heteroatoms. The average molecular weight is 543 g/mol. The van der Waals surface area contributed by atoms with Gasteiger partial charge in [0.15, 0.2) is 5.96 Å². The van der Waals surface area contributed by atoms with Crippen molar-refractivity contribution >= 4 is 29.9 Å². The van der Waals surface area contributed by atoms with Crippen LogP contribution < -0.4 is 19.5 Å². The SMILES string of the molecule is CN=C(NCc1cccc(OCCCOC)c1)N(C)Cc1ccc(OC)cc1OC.I. The van der Waals surface area contributed by atoms with E-state index in [9.17, 15) is 0 Å². The van der Waals surface area contributed by atoms with Crippen molar-refractivity contribution in [3.05, 3.63) is 53.6 Å². The molecule has 0 atom stereocenters. The molecule has 2 aromatic rings. The highest BCUT2D eigenvalue weighted by Crippen LogP contribution is 2.25. The number of hydrogen-bond donors (Lipinski definition) is 1. The summed E-state index contributed by atoms with van der Waals surface area (Å²) >= 11 is 0. The first-order valence-electron chi connectivity index (χ1n) is 9.94. The first-order chi connectivity index (χ1) is 14.6. The van der Waals surface area contributed by atoms with Crippen molar-refractivity contribution in [2.75, 3.05) is 48.6 Å². The van der Waals surface area contributed by atoms with E-state index in [4.69, 9.17) is 18.9 Å². The molecule has 0 saturated carbocycles. The van der Waals surface area contributed by atoms with Crippen LogP contribution in [0.15, 0.2) is 47.5 Å². The van der Waals surface area contributed by atoms with Crippen LogP contribution in [0.25, 0.3) is 0 Å². The van der Waals surface area contributed by atoms with Crippen molar-refractivity contribution in [2.45, 2.75) is 19.5 Å². The minimum Gasteiger partial charge on any atom is -0.497 e. The van der Waals surface area contributed by atoms with E-state index < -0.39 is 0 Å². The zero-order valence-electron chi connectivity index (χ0n) is 19.0. The molecule has 2 rings (SSSR count). The highest BCUT2D eigenvalue weighted by atomic mass is 127. The Morgan fingerprint density at radius 1 is 1.00 bits per heavy atom. The van der Waals surface area contributed by atoms with Crippen LogP contribution in [0.2, 0.25) is 0 Å². The fraction of sp³-hybridized carbons (Fsp3) is 0.435. The second kappa shape index (κ2) is 14.7. The van der Waals surface area contributed by atoms with Crippen molar-refractivity contribution in [1.29, 1.82) is 0 Å². The van der Waals surface area contributed by atoms with Gasteiger partial charge in [-0.25, -0.2) is 0 Å². The molecule has 0 aliphatic heterocycles. The number of nitrogens with one attached hydrogen (secondary N) is 1. The number of aliphatic imine (C=N–C) groups is 1. The van der Waals surface area contributed by atoms with Crippen LogP contribution in [0.3, 0.4) is 0 Å². The van der Waals surface area contributed by atoms with Gasteiger partial charge in [-0.05, 0) is 29.8 Å². The Labute approximate surface area is 202 Å². The summed E-state index contributed by atoms with van der Waals surface area (Å²) in [6.07, 6.45) is 0.866. The summed E-state index contributed by atoms with van der Waals surface area (Å²) in [5.41, 5.74) is 2.17. The zero-order valence-corrected chi connectivity index (χ0v) is 21.3. The number of hydrogen-bond acceptors (Lipinski definition) is 5. The van der Waals surface area contributed by atoms with Crippen LogP contribution in [0, 0.1) is 0 Å². The molecule has 0 aromatic heterocycles. The lowest BCUT2D eigenvalue weighted by atomic mass is 10.2. The zero-order chi connectivity index (χ0) is 21.8. The number of guanidine groups is 1. The molecule has 0 saturated heterocycles. The number of ether oxygens (including phenoxy) is 4. The molecular formula is C23H34IN3O4. The molecule has 2 aromatic carbocycles. The summed E-state index contributed by atoms with van der Waals surface area (Å²) in [4.78, 5) is 6.45. The van der Waals surface area contributed by atoms with Gasteiger partial charge in [-0.15, -0.1) is 24.0 Å². The molecule has 0 unspecified atom stereocenters. The predicted molar refractivity (Wildman–Crippen MR) is 135 cm³/mol. The first-order valence-corrected chi connectivity index (χ1v) is 9.94. The Morgan fingerprint density at radius 2 is 1.81 bits per heavy atom. The second-order valence-electron chi connectivity index (χ2n) is 6.78. The average Bonchev–Trinajstić information content (AvgIpc) is 2.77. The highest BCUT2D eigenvalue weighted by Gasteiger charge is 2.11. The van der Waals surface area contributed by atoms with Crippen LogP contribution in [0.5, 0.6) is 17.2 Å². The minimum atomic E-state index is 0. The standard InChI is InChI=1S/C23H33N3O4.HI/c1-24-23(26(2)17-19-10-11-20(28-4)15-22(19)29-5)25-16-18-8-6-9-21(14-18)30-13-7-12-27-3;/h6,8-11,14-15H,7,12-13,16-17H2,1-5H3,(H,24,25);1H. The van der Waals surface area contributed by atoms with Gasteiger partial charge in [-0.3, -0.25) is 4.99 Å². The third-order valence-corrected chi connectivity index (χ3v) is 4.59. The van der Waals surface area contributed by atoms with Gasteiger partial charge in [-0.2, -0.15) is 0 Å². The Kier molecular flexibility index (Phi) is 12.8. The lowest BCUT2D eigenvalue weighted by molar-refractivity contribution is 0.172. The molecule has 0 aliphatic rings. The molecule has 0 bridgehead atoms. The predicted octanol–water partition coefficient (Wildman–Crippen LogP) is 3.94. The molecule has 172 valence electrons. The molecule has 0 radical (unpaired) electrons. The van der Waals surface area contributed by atoms with E-state index in [2.05, 4.69) is 21.3 Å². The van der Waals surface area contributed by atoms with E-state index in [1.165, 1.54) is 0 Å². The van der Waals surface area contributed by atoms with E-state index in [0.717, 1.165) is 40.8 Å². The van der Waals surface area contributed by atoms with E-state index in [-0.39, 0.29) is 24.0 Å². The quantitative estimate of drug-likeness (QED) is 0.201. The molecule has 0 fully saturated rings. The van der Waals surface area contributed by atoms with E-state index in [1.807, 2.05) is 43.4 Å². The third kappa shape index (κ3) is 8.82. The van der Waals surface area contributed by atoms with E-state index in [1.54, 1.807) is 28.4 Å². The lowest BCUT2D eigenvalue weighted by Gasteiger charge is -2.23. The molecule has 0 amide bonds. The number of nitrogens with zero attached hydrogens (tertiary/aromatic N) is 2. The van der Waals surface area contributed by atoms with Crippen molar-refractivity contribution < 1.29 is 18.9 Å².